The summed E-state index contributed by atoms with van der Waals surface area (Å²) >= 11 is 6.50. The molecule has 1 aliphatic rings. The lowest BCUT2D eigenvalue weighted by molar-refractivity contribution is 0.0889. The molecule has 0 unspecified atom stereocenters. The van der Waals surface area contributed by atoms with Gasteiger partial charge in [-0.1, -0.05) is 18.5 Å². The minimum absolute atomic E-state index is 0.340. The molecule has 0 aliphatic carbocycles. The molecule has 3 aromatic rings. The fraction of sp³-hybridized carbons (Fsp3) is 0.348. The minimum atomic E-state index is -0.379. The van der Waals surface area contributed by atoms with E-state index in [-0.39, 0.29) is 5.63 Å². The van der Waals surface area contributed by atoms with Crippen LogP contribution < -0.4 is 24.6 Å². The van der Waals surface area contributed by atoms with Gasteiger partial charge in [0.15, 0.2) is 11.5 Å². The standard InChI is InChI=1S/C23H24ClNO6/c1-5-14-8-20(26)31-21-15(14)9-17(24)22-16(21)11-25(12-30-22)10-13-6-18(27-2)23(29-4)19(7-13)28-3/h6-9H,5,10-12H2,1-4H3. The van der Waals surface area contributed by atoms with Crippen molar-refractivity contribution in [3.05, 3.63) is 56.4 Å². The second-order valence-corrected chi connectivity index (χ2v) is 7.69. The van der Waals surface area contributed by atoms with Crippen LogP contribution in [0.25, 0.3) is 11.0 Å². The zero-order valence-electron chi connectivity index (χ0n) is 17.9. The van der Waals surface area contributed by atoms with Crippen LogP contribution in [0.5, 0.6) is 23.0 Å². The van der Waals surface area contributed by atoms with Gasteiger partial charge in [-0.2, -0.15) is 0 Å². The summed E-state index contributed by atoms with van der Waals surface area (Å²) in [5.74, 6) is 2.27. The molecule has 0 atom stereocenters. The van der Waals surface area contributed by atoms with Crippen molar-refractivity contribution in [1.29, 1.82) is 0 Å². The molecule has 0 fully saturated rings. The Kier molecular flexibility index (Phi) is 5.98. The Hall–Kier alpha value is -2.90. The van der Waals surface area contributed by atoms with E-state index >= 15 is 0 Å². The van der Waals surface area contributed by atoms with E-state index in [9.17, 15) is 4.79 Å². The van der Waals surface area contributed by atoms with Crippen molar-refractivity contribution in [1.82, 2.24) is 4.90 Å². The maximum atomic E-state index is 12.1. The van der Waals surface area contributed by atoms with Crippen LogP contribution in [0.4, 0.5) is 0 Å². The van der Waals surface area contributed by atoms with Gasteiger partial charge in [-0.25, -0.2) is 4.79 Å². The third kappa shape index (κ3) is 3.91. The van der Waals surface area contributed by atoms with Gasteiger partial charge in [0, 0.05) is 24.5 Å². The summed E-state index contributed by atoms with van der Waals surface area (Å²) in [7, 11) is 4.74. The van der Waals surface area contributed by atoms with E-state index in [1.165, 1.54) is 6.07 Å². The first kappa shape index (κ1) is 21.3. The van der Waals surface area contributed by atoms with E-state index in [4.69, 9.17) is 35.0 Å². The van der Waals surface area contributed by atoms with Crippen molar-refractivity contribution in [2.45, 2.75) is 26.4 Å². The molecule has 164 valence electrons. The highest BCUT2D eigenvalue weighted by Gasteiger charge is 2.26. The molecule has 0 bridgehead atoms. The first-order chi connectivity index (χ1) is 15.0. The normalized spacial score (nSPS) is 13.6. The number of aryl methyl sites for hydroxylation is 1. The lowest BCUT2D eigenvalue weighted by atomic mass is 10.0. The van der Waals surface area contributed by atoms with E-state index in [0.29, 0.717) is 59.8 Å². The Balaban J connectivity index is 1.72. The van der Waals surface area contributed by atoms with Gasteiger partial charge in [0.05, 0.1) is 31.9 Å². The fourth-order valence-corrected chi connectivity index (χ4v) is 4.25. The van der Waals surface area contributed by atoms with Crippen LogP contribution in [0.2, 0.25) is 5.02 Å². The molecule has 0 saturated heterocycles. The largest absolute Gasteiger partial charge is 0.493 e. The molecule has 1 aliphatic heterocycles. The average molecular weight is 446 g/mol. The van der Waals surface area contributed by atoms with Crippen molar-refractivity contribution in [2.24, 2.45) is 0 Å². The van der Waals surface area contributed by atoms with Gasteiger partial charge in [0.2, 0.25) is 5.75 Å². The highest BCUT2D eigenvalue weighted by Crippen LogP contribution is 2.41. The number of benzene rings is 2. The van der Waals surface area contributed by atoms with E-state index in [1.54, 1.807) is 21.3 Å². The molecule has 8 heteroatoms. The van der Waals surface area contributed by atoms with Crippen LogP contribution in [-0.2, 0) is 19.5 Å². The van der Waals surface area contributed by atoms with Gasteiger partial charge in [-0.3, -0.25) is 4.90 Å². The number of methoxy groups -OCH3 is 3. The topological polar surface area (TPSA) is 70.4 Å². The molecule has 31 heavy (non-hydrogen) atoms. The molecule has 7 nitrogen and oxygen atoms in total. The van der Waals surface area contributed by atoms with Crippen molar-refractivity contribution >= 4 is 22.6 Å². The van der Waals surface area contributed by atoms with Crippen LogP contribution in [0.1, 0.15) is 23.6 Å². The first-order valence-electron chi connectivity index (χ1n) is 9.91. The molecular formula is C23H24ClNO6. The molecule has 2 aromatic carbocycles. The van der Waals surface area contributed by atoms with Crippen LogP contribution in [0.15, 0.2) is 33.5 Å². The van der Waals surface area contributed by atoms with Gasteiger partial charge < -0.3 is 23.4 Å². The maximum absolute atomic E-state index is 12.1. The predicted molar refractivity (Wildman–Crippen MR) is 118 cm³/mol. The van der Waals surface area contributed by atoms with Crippen molar-refractivity contribution < 1.29 is 23.4 Å². The molecule has 2 heterocycles. The van der Waals surface area contributed by atoms with Gasteiger partial charge >= 0.3 is 5.63 Å². The molecule has 0 amide bonds. The number of halogens is 1. The Morgan fingerprint density at radius 3 is 2.39 bits per heavy atom. The average Bonchev–Trinajstić information content (AvgIpc) is 2.78. The van der Waals surface area contributed by atoms with Crippen molar-refractivity contribution in [3.63, 3.8) is 0 Å². The van der Waals surface area contributed by atoms with Gasteiger partial charge in [-0.05, 0) is 35.7 Å². The summed E-state index contributed by atoms with van der Waals surface area (Å²) in [5, 5.41) is 1.35. The second-order valence-electron chi connectivity index (χ2n) is 7.28. The second kappa shape index (κ2) is 8.69. The maximum Gasteiger partial charge on any atom is 0.336 e. The zero-order chi connectivity index (χ0) is 22.1. The number of hydrogen-bond donors (Lipinski definition) is 0. The predicted octanol–water partition coefficient (Wildman–Crippen LogP) is 4.39. The number of ether oxygens (including phenoxy) is 4. The number of rotatable bonds is 6. The van der Waals surface area contributed by atoms with Gasteiger partial charge in [-0.15, -0.1) is 0 Å². The summed E-state index contributed by atoms with van der Waals surface area (Å²) in [5.41, 5.74) is 2.78. The quantitative estimate of drug-likeness (QED) is 0.521. The molecule has 0 spiro atoms. The number of nitrogens with zero attached hydrogens (tertiary/aromatic N) is 1. The molecule has 4 rings (SSSR count). The summed E-state index contributed by atoms with van der Waals surface area (Å²) in [6, 6.07) is 7.14. The fourth-order valence-electron chi connectivity index (χ4n) is 3.98. The van der Waals surface area contributed by atoms with Gasteiger partial charge in [0.1, 0.15) is 18.1 Å². The van der Waals surface area contributed by atoms with Crippen LogP contribution in [0, 0.1) is 0 Å². The lowest BCUT2D eigenvalue weighted by Crippen LogP contribution is -2.32. The van der Waals surface area contributed by atoms with Crippen molar-refractivity contribution in [3.8, 4) is 23.0 Å². The lowest BCUT2D eigenvalue weighted by Gasteiger charge is -2.30. The van der Waals surface area contributed by atoms with Crippen LogP contribution >= 0.6 is 11.6 Å². The number of hydrogen-bond acceptors (Lipinski definition) is 7. The summed E-state index contributed by atoms with van der Waals surface area (Å²) in [6.07, 6.45) is 0.702. The smallest absolute Gasteiger partial charge is 0.336 e. The molecule has 0 saturated carbocycles. The highest BCUT2D eigenvalue weighted by molar-refractivity contribution is 6.33. The highest BCUT2D eigenvalue weighted by atomic mass is 35.5. The summed E-state index contributed by atoms with van der Waals surface area (Å²) in [4.78, 5) is 14.2. The molecule has 0 N–H and O–H groups in total. The van der Waals surface area contributed by atoms with Crippen molar-refractivity contribution in [2.75, 3.05) is 28.1 Å². The van der Waals surface area contributed by atoms with Crippen LogP contribution in [-0.4, -0.2) is 33.0 Å². The minimum Gasteiger partial charge on any atom is -0.493 e. The Labute approximate surface area is 185 Å². The van der Waals surface area contributed by atoms with E-state index in [0.717, 1.165) is 22.1 Å². The first-order valence-corrected chi connectivity index (χ1v) is 10.3. The SMILES string of the molecule is CCc1cc(=O)oc2c3c(c(Cl)cc12)OCN(Cc1cc(OC)c(OC)c(OC)c1)C3. The molecule has 1 aromatic heterocycles. The number of fused-ring (bicyclic) bond motifs is 3. The Morgan fingerprint density at radius 1 is 1.06 bits per heavy atom. The molecule has 0 radical (unpaired) electrons. The van der Waals surface area contributed by atoms with E-state index < -0.39 is 0 Å². The monoisotopic (exact) mass is 445 g/mol. The van der Waals surface area contributed by atoms with Crippen LogP contribution in [0.3, 0.4) is 0 Å². The van der Waals surface area contributed by atoms with E-state index in [2.05, 4.69) is 4.90 Å². The Bertz CT molecular complexity index is 1160. The van der Waals surface area contributed by atoms with Gasteiger partial charge in [0.25, 0.3) is 0 Å². The third-order valence-corrected chi connectivity index (χ3v) is 5.69. The summed E-state index contributed by atoms with van der Waals surface area (Å²) in [6.45, 7) is 3.41. The summed E-state index contributed by atoms with van der Waals surface area (Å²) < 4.78 is 27.9. The Morgan fingerprint density at radius 2 is 1.77 bits per heavy atom. The molecular weight excluding hydrogens is 422 g/mol. The van der Waals surface area contributed by atoms with E-state index in [1.807, 2.05) is 25.1 Å². The third-order valence-electron chi connectivity index (χ3n) is 5.41. The zero-order valence-corrected chi connectivity index (χ0v) is 18.7.